The first-order chi connectivity index (χ1) is 11.0. The van der Waals surface area contributed by atoms with Crippen LogP contribution in [0, 0.1) is 0 Å². The van der Waals surface area contributed by atoms with Gasteiger partial charge in [0.1, 0.15) is 5.75 Å². The SMILES string of the molecule is CCC(=O)N[C@H]1CCCN(C(=O)Cc2ccc(OC)cc2Cl)C1. The molecule has 1 aromatic carbocycles. The largest absolute Gasteiger partial charge is 0.497 e. The van der Waals surface area contributed by atoms with Gasteiger partial charge in [0.15, 0.2) is 0 Å². The van der Waals surface area contributed by atoms with Crippen LogP contribution in [-0.2, 0) is 16.0 Å². The molecule has 0 radical (unpaired) electrons. The lowest BCUT2D eigenvalue weighted by atomic mass is 10.0. The van der Waals surface area contributed by atoms with Crippen LogP contribution >= 0.6 is 11.6 Å². The van der Waals surface area contributed by atoms with E-state index in [1.54, 1.807) is 19.2 Å². The summed E-state index contributed by atoms with van der Waals surface area (Å²) in [5, 5.41) is 3.50. The van der Waals surface area contributed by atoms with Crippen molar-refractivity contribution in [1.82, 2.24) is 10.2 Å². The molecule has 1 aromatic rings. The van der Waals surface area contributed by atoms with Gasteiger partial charge in [0.05, 0.1) is 13.5 Å². The van der Waals surface area contributed by atoms with Crippen LogP contribution in [0.3, 0.4) is 0 Å². The van der Waals surface area contributed by atoms with Crippen LogP contribution in [0.5, 0.6) is 5.75 Å². The highest BCUT2D eigenvalue weighted by atomic mass is 35.5. The van der Waals surface area contributed by atoms with Crippen molar-refractivity contribution in [2.75, 3.05) is 20.2 Å². The first kappa shape index (κ1) is 17.6. The van der Waals surface area contributed by atoms with Gasteiger partial charge in [0.2, 0.25) is 11.8 Å². The zero-order valence-electron chi connectivity index (χ0n) is 13.6. The maximum absolute atomic E-state index is 12.5. The summed E-state index contributed by atoms with van der Waals surface area (Å²) in [6.45, 7) is 3.12. The number of hydrogen-bond donors (Lipinski definition) is 1. The summed E-state index contributed by atoms with van der Waals surface area (Å²) in [6, 6.07) is 5.38. The number of rotatable bonds is 5. The van der Waals surface area contributed by atoms with Gasteiger partial charge >= 0.3 is 0 Å². The van der Waals surface area contributed by atoms with Crippen molar-refractivity contribution >= 4 is 23.4 Å². The number of halogens is 1. The topological polar surface area (TPSA) is 58.6 Å². The van der Waals surface area contributed by atoms with Gasteiger partial charge in [-0.15, -0.1) is 0 Å². The van der Waals surface area contributed by atoms with Crippen molar-refractivity contribution in [3.8, 4) is 5.75 Å². The second kappa shape index (κ2) is 8.20. The Morgan fingerprint density at radius 1 is 1.43 bits per heavy atom. The highest BCUT2D eigenvalue weighted by Gasteiger charge is 2.24. The van der Waals surface area contributed by atoms with Crippen LogP contribution < -0.4 is 10.1 Å². The quantitative estimate of drug-likeness (QED) is 0.897. The van der Waals surface area contributed by atoms with E-state index in [1.807, 2.05) is 17.9 Å². The first-order valence-electron chi connectivity index (χ1n) is 7.93. The van der Waals surface area contributed by atoms with Crippen LogP contribution in [0.15, 0.2) is 18.2 Å². The number of likely N-dealkylation sites (tertiary alicyclic amines) is 1. The monoisotopic (exact) mass is 338 g/mol. The van der Waals surface area contributed by atoms with Gasteiger partial charge in [-0.25, -0.2) is 0 Å². The van der Waals surface area contributed by atoms with Gasteiger partial charge < -0.3 is 15.0 Å². The maximum atomic E-state index is 12.5. The lowest BCUT2D eigenvalue weighted by Gasteiger charge is -2.33. The van der Waals surface area contributed by atoms with E-state index in [0.717, 1.165) is 24.9 Å². The Morgan fingerprint density at radius 3 is 2.87 bits per heavy atom. The average molecular weight is 339 g/mol. The predicted molar refractivity (Wildman–Crippen MR) is 89.7 cm³/mol. The summed E-state index contributed by atoms with van der Waals surface area (Å²) in [7, 11) is 1.58. The standard InChI is InChI=1S/C17H23ClN2O3/c1-3-16(21)19-13-5-4-8-20(11-13)17(22)9-12-6-7-14(23-2)10-15(12)18/h6-7,10,13H,3-5,8-9,11H2,1-2H3,(H,19,21)/t13-/m0/s1. The first-order valence-corrected chi connectivity index (χ1v) is 8.30. The third-order valence-electron chi connectivity index (χ3n) is 4.06. The molecule has 0 saturated carbocycles. The number of methoxy groups -OCH3 is 1. The summed E-state index contributed by atoms with van der Waals surface area (Å²) in [6.07, 6.45) is 2.54. The van der Waals surface area contributed by atoms with Crippen LogP contribution in [-0.4, -0.2) is 43.0 Å². The third kappa shape index (κ3) is 4.86. The van der Waals surface area contributed by atoms with E-state index in [0.29, 0.717) is 23.7 Å². The molecule has 1 fully saturated rings. The van der Waals surface area contributed by atoms with E-state index in [1.165, 1.54) is 0 Å². The molecule has 1 aliphatic heterocycles. The molecule has 0 aliphatic carbocycles. The number of piperidine rings is 1. The van der Waals surface area contributed by atoms with Crippen molar-refractivity contribution in [2.45, 2.75) is 38.6 Å². The van der Waals surface area contributed by atoms with Gasteiger partial charge in [-0.05, 0) is 30.5 Å². The van der Waals surface area contributed by atoms with Crippen molar-refractivity contribution in [1.29, 1.82) is 0 Å². The molecule has 6 heteroatoms. The second-order valence-corrected chi connectivity index (χ2v) is 6.14. The molecule has 2 amide bonds. The second-order valence-electron chi connectivity index (χ2n) is 5.73. The highest BCUT2D eigenvalue weighted by Crippen LogP contribution is 2.23. The number of benzene rings is 1. The summed E-state index contributed by atoms with van der Waals surface area (Å²) in [5.41, 5.74) is 0.789. The minimum atomic E-state index is 0.0301. The fourth-order valence-electron chi connectivity index (χ4n) is 2.72. The molecule has 1 saturated heterocycles. The Labute approximate surface area is 141 Å². The summed E-state index contributed by atoms with van der Waals surface area (Å²) in [5.74, 6) is 0.738. The van der Waals surface area contributed by atoms with E-state index in [2.05, 4.69) is 5.32 Å². The van der Waals surface area contributed by atoms with Crippen molar-refractivity contribution in [3.63, 3.8) is 0 Å². The Morgan fingerprint density at radius 2 is 2.22 bits per heavy atom. The smallest absolute Gasteiger partial charge is 0.227 e. The molecule has 0 aromatic heterocycles. The Hall–Kier alpha value is -1.75. The van der Waals surface area contributed by atoms with Crippen LogP contribution in [0.25, 0.3) is 0 Å². The lowest BCUT2D eigenvalue weighted by molar-refractivity contribution is -0.133. The zero-order chi connectivity index (χ0) is 16.8. The van der Waals surface area contributed by atoms with Crippen LogP contribution in [0.4, 0.5) is 0 Å². The van der Waals surface area contributed by atoms with Crippen molar-refractivity contribution in [3.05, 3.63) is 28.8 Å². The Balaban J connectivity index is 1.96. The van der Waals surface area contributed by atoms with Crippen LogP contribution in [0.2, 0.25) is 5.02 Å². The number of amides is 2. The predicted octanol–water partition coefficient (Wildman–Crippen LogP) is 2.41. The van der Waals surface area contributed by atoms with Gasteiger partial charge in [-0.3, -0.25) is 9.59 Å². The number of ether oxygens (including phenoxy) is 1. The van der Waals surface area contributed by atoms with E-state index in [-0.39, 0.29) is 24.3 Å². The summed E-state index contributed by atoms with van der Waals surface area (Å²) < 4.78 is 5.11. The van der Waals surface area contributed by atoms with Gasteiger partial charge in [-0.1, -0.05) is 24.6 Å². The van der Waals surface area contributed by atoms with Gasteiger partial charge in [0, 0.05) is 30.6 Å². The van der Waals surface area contributed by atoms with Gasteiger partial charge in [0.25, 0.3) is 0 Å². The number of nitrogens with one attached hydrogen (secondary N) is 1. The molecule has 0 unspecified atom stereocenters. The molecule has 1 aliphatic rings. The molecule has 2 rings (SSSR count). The molecule has 1 atom stereocenters. The molecule has 23 heavy (non-hydrogen) atoms. The number of nitrogens with zero attached hydrogens (tertiary/aromatic N) is 1. The van der Waals surface area contributed by atoms with Crippen molar-refractivity contribution in [2.24, 2.45) is 0 Å². The molecular weight excluding hydrogens is 316 g/mol. The fraction of sp³-hybridized carbons (Fsp3) is 0.529. The molecule has 0 spiro atoms. The number of carbonyl (C=O) groups is 2. The van der Waals surface area contributed by atoms with Gasteiger partial charge in [-0.2, -0.15) is 0 Å². The molecule has 126 valence electrons. The normalized spacial score (nSPS) is 17.7. The number of hydrogen-bond acceptors (Lipinski definition) is 3. The van der Waals surface area contributed by atoms with E-state index in [9.17, 15) is 9.59 Å². The van der Waals surface area contributed by atoms with Crippen molar-refractivity contribution < 1.29 is 14.3 Å². The third-order valence-corrected chi connectivity index (χ3v) is 4.41. The zero-order valence-corrected chi connectivity index (χ0v) is 14.4. The Kier molecular flexibility index (Phi) is 6.28. The molecule has 0 bridgehead atoms. The molecule has 1 heterocycles. The average Bonchev–Trinajstić information content (AvgIpc) is 2.56. The molecule has 5 nitrogen and oxygen atoms in total. The molecular formula is C17H23ClN2O3. The maximum Gasteiger partial charge on any atom is 0.227 e. The lowest BCUT2D eigenvalue weighted by Crippen LogP contribution is -2.49. The van der Waals surface area contributed by atoms with E-state index in [4.69, 9.17) is 16.3 Å². The molecule has 1 N–H and O–H groups in total. The minimum Gasteiger partial charge on any atom is -0.497 e. The summed E-state index contributed by atoms with van der Waals surface area (Å²) in [4.78, 5) is 25.8. The van der Waals surface area contributed by atoms with Crippen LogP contribution in [0.1, 0.15) is 31.7 Å². The number of carbonyl (C=O) groups excluding carboxylic acids is 2. The summed E-state index contributed by atoms with van der Waals surface area (Å²) >= 11 is 6.20. The minimum absolute atomic E-state index is 0.0301. The van der Waals surface area contributed by atoms with E-state index < -0.39 is 0 Å². The highest BCUT2D eigenvalue weighted by molar-refractivity contribution is 6.31. The Bertz CT molecular complexity index is 577. The fourth-order valence-corrected chi connectivity index (χ4v) is 2.96. The van der Waals surface area contributed by atoms with E-state index >= 15 is 0 Å².